The topological polar surface area (TPSA) is 72.2 Å². The molecule has 0 radical (unpaired) electrons. The normalized spacial score (nSPS) is 13.0. The van der Waals surface area contributed by atoms with Crippen molar-refractivity contribution in [3.8, 4) is 51.5 Å². The number of nitrogens with zero attached hydrogens (tertiary/aromatic N) is 7. The molecule has 9 heteroatoms. The largest absolute Gasteiger partial charge is 0.510 e. The van der Waals surface area contributed by atoms with Crippen molar-refractivity contribution in [2.75, 3.05) is 11.9 Å². The van der Waals surface area contributed by atoms with Gasteiger partial charge in [0.25, 0.3) is 0 Å². The molecule has 0 N–H and O–H groups in total. The molecule has 9 rings (SSSR count). The average Bonchev–Trinajstić information content (AvgIpc) is 3.81. The predicted molar refractivity (Wildman–Crippen MR) is 243 cm³/mol. The third kappa shape index (κ3) is 8.34. The first kappa shape index (κ1) is 41.6. The van der Waals surface area contributed by atoms with Gasteiger partial charge in [-0.05, 0) is 78.8 Å². The Kier molecular flexibility index (Phi) is 11.0. The van der Waals surface area contributed by atoms with Gasteiger partial charge in [0.05, 0.1) is 0 Å². The zero-order valence-electron chi connectivity index (χ0n) is 36.0. The Labute approximate surface area is 373 Å². The summed E-state index contributed by atoms with van der Waals surface area (Å²) in [6.45, 7) is 19.5. The molecule has 8 nitrogen and oxygen atoms in total. The van der Waals surface area contributed by atoms with E-state index in [4.69, 9.17) is 24.7 Å². The molecule has 0 unspecified atom stereocenters. The molecule has 4 heterocycles. The van der Waals surface area contributed by atoms with Gasteiger partial charge >= 0.3 is 0 Å². The Hall–Kier alpha value is -6.11. The minimum absolute atomic E-state index is 0. The van der Waals surface area contributed by atoms with Crippen LogP contribution in [-0.4, -0.2) is 36.5 Å². The summed E-state index contributed by atoms with van der Waals surface area (Å²) < 4.78 is 9.26. The fourth-order valence-electron chi connectivity index (χ4n) is 7.42. The van der Waals surface area contributed by atoms with E-state index in [2.05, 4.69) is 162 Å². The molecule has 0 amide bonds. The molecule has 0 spiro atoms. The maximum Gasteiger partial charge on any atom is 0.162 e. The summed E-state index contributed by atoms with van der Waals surface area (Å²) in [5.41, 5.74) is 9.54. The summed E-state index contributed by atoms with van der Waals surface area (Å²) in [6.07, 6.45) is 5.85. The van der Waals surface area contributed by atoms with E-state index >= 15 is 0 Å². The van der Waals surface area contributed by atoms with E-state index in [-0.39, 0.29) is 31.9 Å². The number of rotatable bonds is 7. The van der Waals surface area contributed by atoms with Crippen LogP contribution in [-0.2, 0) is 31.9 Å². The van der Waals surface area contributed by atoms with Crippen molar-refractivity contribution in [2.24, 2.45) is 0 Å². The molecule has 0 bridgehead atoms. The number of pyridine rings is 1. The van der Waals surface area contributed by atoms with Crippen molar-refractivity contribution < 1.29 is 25.8 Å². The van der Waals surface area contributed by atoms with E-state index in [1.165, 1.54) is 5.56 Å². The number of hydrogen-bond acceptors (Lipinski definition) is 7. The maximum absolute atomic E-state index is 7.10. The third-order valence-corrected chi connectivity index (χ3v) is 11.0. The number of aromatic nitrogens is 5. The van der Waals surface area contributed by atoms with Crippen LogP contribution in [0.3, 0.4) is 0 Å². The summed E-state index contributed by atoms with van der Waals surface area (Å²) >= 11 is 0. The van der Waals surface area contributed by atoms with Crippen molar-refractivity contribution in [1.82, 2.24) is 29.4 Å². The van der Waals surface area contributed by atoms with Crippen LogP contribution in [0.1, 0.15) is 63.8 Å². The number of ether oxygens (including phenoxy) is 1. The minimum Gasteiger partial charge on any atom is -0.510 e. The Bertz CT molecular complexity index is 2860. The second kappa shape index (κ2) is 16.1. The van der Waals surface area contributed by atoms with Gasteiger partial charge in [-0.1, -0.05) is 125 Å². The van der Waals surface area contributed by atoms with Gasteiger partial charge in [0.1, 0.15) is 11.6 Å². The fourth-order valence-corrected chi connectivity index (χ4v) is 7.42. The molecule has 0 saturated heterocycles. The quantitative estimate of drug-likeness (QED) is 0.147. The van der Waals surface area contributed by atoms with E-state index in [1.54, 1.807) is 0 Å². The van der Waals surface area contributed by atoms with Crippen molar-refractivity contribution in [2.45, 2.75) is 66.2 Å². The molecular weight excluding hydrogens is 934 g/mol. The summed E-state index contributed by atoms with van der Waals surface area (Å²) in [6, 6.07) is 43.0. The number of aryl methyl sites for hydroxylation is 2. The average molecular weight is 982 g/mol. The van der Waals surface area contributed by atoms with E-state index in [0.717, 1.165) is 61.1 Å². The smallest absolute Gasteiger partial charge is 0.162 e. The van der Waals surface area contributed by atoms with Gasteiger partial charge in [-0.15, -0.1) is 47.0 Å². The van der Waals surface area contributed by atoms with E-state index < -0.39 is 0 Å². The first-order valence-electron chi connectivity index (χ1n) is 20.3. The number of benzene rings is 5. The van der Waals surface area contributed by atoms with Crippen molar-refractivity contribution in [3.63, 3.8) is 0 Å². The van der Waals surface area contributed by atoms with Crippen molar-refractivity contribution in [3.05, 3.63) is 163 Å². The predicted octanol–water partition coefficient (Wildman–Crippen LogP) is 12.3. The standard InChI is InChI=1S/C52H48N7O.Pt/c1-33-13-17-35(18-14-33)48-54-49(36-19-15-34(2)16-20-36)56-50(55-48)43-30-42-41-28-37(51(3,4)5)21-22-44(41)59(47-12-10-11-23-53-47)45(42)31-46(43)60-40-27-38(52(6,7)8)26-39(29-40)58-25-24-57(9)32-58;/h10-28,30,32H,1-9H3;/q-3;. The molecule has 61 heavy (non-hydrogen) atoms. The van der Waals surface area contributed by atoms with Crippen LogP contribution >= 0.6 is 0 Å². The van der Waals surface area contributed by atoms with Gasteiger partial charge < -0.3 is 19.1 Å². The Morgan fingerprint density at radius 1 is 0.639 bits per heavy atom. The molecule has 8 aromatic rings. The third-order valence-electron chi connectivity index (χ3n) is 11.0. The maximum atomic E-state index is 7.10. The van der Waals surface area contributed by atoms with Crippen LogP contribution in [0.2, 0.25) is 0 Å². The molecule has 0 saturated carbocycles. The minimum atomic E-state index is -0.177. The SMILES string of the molecule is Cc1ccc(-c2nc(-c3ccc(C)cc3)nc(-c3cc4c5cc(C(C)(C)C)ccc5n(-c5ccccn5)c4[c-]c3Oc3[c-]c(N4C=CN(C)[CH-]4)cc(C(C)(C)C)c3)n2)cc1.[Pt]. The molecule has 1 aliphatic rings. The van der Waals surface area contributed by atoms with Crippen LogP contribution in [0.5, 0.6) is 11.5 Å². The van der Waals surface area contributed by atoms with Crippen LogP contribution in [0.25, 0.3) is 61.8 Å². The molecule has 3 aromatic heterocycles. The van der Waals surface area contributed by atoms with E-state index in [0.29, 0.717) is 34.5 Å². The molecule has 1 aliphatic heterocycles. The summed E-state index contributed by atoms with van der Waals surface area (Å²) in [7, 11) is 2.01. The molecule has 310 valence electrons. The van der Waals surface area contributed by atoms with Crippen LogP contribution in [0.4, 0.5) is 5.69 Å². The first-order chi connectivity index (χ1) is 28.7. The zero-order chi connectivity index (χ0) is 41.9. The molecule has 5 aromatic carbocycles. The number of hydrogen-bond donors (Lipinski definition) is 0. The fraction of sp³-hybridized carbons (Fsp3) is 0.212. The number of fused-ring (bicyclic) bond motifs is 3. The van der Waals surface area contributed by atoms with Crippen LogP contribution in [0, 0.1) is 32.6 Å². The van der Waals surface area contributed by atoms with E-state index in [1.807, 2.05) is 55.4 Å². The number of anilines is 1. The van der Waals surface area contributed by atoms with Crippen LogP contribution in [0.15, 0.2) is 122 Å². The first-order valence-corrected chi connectivity index (χ1v) is 20.3. The summed E-state index contributed by atoms with van der Waals surface area (Å²) in [5, 5.41) is 2.05. The molecule has 0 aliphatic carbocycles. The van der Waals surface area contributed by atoms with Gasteiger partial charge in [-0.2, -0.15) is 6.67 Å². The zero-order valence-corrected chi connectivity index (χ0v) is 38.3. The Morgan fingerprint density at radius 3 is 1.85 bits per heavy atom. The van der Waals surface area contributed by atoms with Crippen molar-refractivity contribution in [1.29, 1.82) is 0 Å². The van der Waals surface area contributed by atoms with Crippen LogP contribution < -0.4 is 9.64 Å². The molecular formula is C52H48N7OPt-3. The Morgan fingerprint density at radius 2 is 1.28 bits per heavy atom. The Balaban J connectivity index is 0.00000514. The van der Waals surface area contributed by atoms with Gasteiger partial charge in [-0.3, -0.25) is 0 Å². The van der Waals surface area contributed by atoms with Gasteiger partial charge in [0, 0.05) is 55.4 Å². The second-order valence-corrected chi connectivity index (χ2v) is 17.8. The summed E-state index contributed by atoms with van der Waals surface area (Å²) in [5.74, 6) is 3.39. The molecule has 0 fully saturated rings. The van der Waals surface area contributed by atoms with Gasteiger partial charge in [0.15, 0.2) is 11.6 Å². The monoisotopic (exact) mass is 981 g/mol. The summed E-state index contributed by atoms with van der Waals surface area (Å²) in [4.78, 5) is 24.4. The van der Waals surface area contributed by atoms with Gasteiger partial charge in [-0.25, -0.2) is 19.9 Å². The van der Waals surface area contributed by atoms with Gasteiger partial charge in [0.2, 0.25) is 0 Å². The molecule has 0 atom stereocenters. The van der Waals surface area contributed by atoms with Crippen molar-refractivity contribution >= 4 is 27.5 Å². The second-order valence-electron chi connectivity index (χ2n) is 17.8. The van der Waals surface area contributed by atoms with E-state index in [9.17, 15) is 0 Å².